The van der Waals surface area contributed by atoms with Gasteiger partial charge in [0, 0.05) is 45.5 Å². The molecule has 0 N–H and O–H groups in total. The number of anilines is 1. The molecule has 2 aromatic carbocycles. The molecule has 1 aliphatic rings. The number of rotatable bonds is 3. The first kappa shape index (κ1) is 21.3. The van der Waals surface area contributed by atoms with E-state index in [1.165, 1.54) is 39.7 Å². The number of hydrogen-bond acceptors (Lipinski definition) is 5. The lowest BCUT2D eigenvalue weighted by Crippen LogP contribution is -2.53. The lowest BCUT2D eigenvalue weighted by molar-refractivity contribution is 0.342. The Kier molecular flexibility index (Phi) is 5.26. The average molecular weight is 443 g/mol. The number of aryl methyl sites for hydroxylation is 2. The molecule has 3 aromatic rings. The maximum atomic E-state index is 13.3. The lowest BCUT2D eigenvalue weighted by Gasteiger charge is -2.40. The summed E-state index contributed by atoms with van der Waals surface area (Å²) < 4.78 is 30.5. The normalized spacial score (nSPS) is 17.9. The number of fused-ring (bicyclic) bond motifs is 1. The minimum absolute atomic E-state index is 0.000350. The van der Waals surface area contributed by atoms with E-state index in [-0.39, 0.29) is 16.3 Å². The molecule has 1 unspecified atom stereocenters. The van der Waals surface area contributed by atoms with Crippen molar-refractivity contribution in [1.82, 2.24) is 13.4 Å². The Balaban J connectivity index is 1.66. The van der Waals surface area contributed by atoms with Crippen molar-refractivity contribution in [2.24, 2.45) is 14.1 Å². The summed E-state index contributed by atoms with van der Waals surface area (Å²) in [6, 6.07) is 12.6. The Hall–Kier alpha value is -2.91. The van der Waals surface area contributed by atoms with Gasteiger partial charge in [0.15, 0.2) is 0 Å². The summed E-state index contributed by atoms with van der Waals surface area (Å²) >= 11 is 0. The van der Waals surface area contributed by atoms with Gasteiger partial charge in [0.2, 0.25) is 10.0 Å². The molecule has 0 aliphatic carbocycles. The molecule has 0 radical (unpaired) electrons. The molecule has 2 heterocycles. The number of benzene rings is 2. The first-order chi connectivity index (χ1) is 14.6. The van der Waals surface area contributed by atoms with E-state index in [1.54, 1.807) is 7.05 Å². The predicted octanol–water partition coefficient (Wildman–Crippen LogP) is 1.45. The van der Waals surface area contributed by atoms with E-state index in [0.717, 1.165) is 10.3 Å². The first-order valence-electron chi connectivity index (χ1n) is 10.1. The predicted molar refractivity (Wildman–Crippen MR) is 121 cm³/mol. The van der Waals surface area contributed by atoms with Gasteiger partial charge in [-0.3, -0.25) is 13.9 Å². The molecule has 1 aliphatic heterocycles. The zero-order valence-corrected chi connectivity index (χ0v) is 18.9. The van der Waals surface area contributed by atoms with Gasteiger partial charge in [0.05, 0.1) is 15.8 Å². The highest BCUT2D eigenvalue weighted by Crippen LogP contribution is 2.25. The van der Waals surface area contributed by atoms with E-state index in [4.69, 9.17) is 0 Å². The fraction of sp³-hybridized carbons (Fsp3) is 0.364. The Bertz CT molecular complexity index is 1370. The zero-order valence-electron chi connectivity index (χ0n) is 18.1. The maximum absolute atomic E-state index is 13.3. The molecule has 9 heteroatoms. The highest BCUT2D eigenvalue weighted by Gasteiger charge is 2.32. The number of piperazine rings is 1. The molecule has 1 fully saturated rings. The Morgan fingerprint density at radius 3 is 2.26 bits per heavy atom. The van der Waals surface area contributed by atoms with Crippen LogP contribution in [-0.2, 0) is 24.1 Å². The van der Waals surface area contributed by atoms with Gasteiger partial charge < -0.3 is 4.90 Å². The lowest BCUT2D eigenvalue weighted by atomic mass is 10.1. The Labute approximate surface area is 181 Å². The summed E-state index contributed by atoms with van der Waals surface area (Å²) in [4.78, 5) is 27.0. The largest absolute Gasteiger partial charge is 0.366 e. The fourth-order valence-electron chi connectivity index (χ4n) is 4.15. The van der Waals surface area contributed by atoms with Crippen LogP contribution in [0.1, 0.15) is 12.5 Å². The van der Waals surface area contributed by atoms with Crippen LogP contribution in [0.25, 0.3) is 10.9 Å². The Morgan fingerprint density at radius 2 is 1.61 bits per heavy atom. The van der Waals surface area contributed by atoms with Gasteiger partial charge in [-0.2, -0.15) is 4.31 Å². The molecule has 4 rings (SSSR count). The second-order valence-electron chi connectivity index (χ2n) is 8.13. The van der Waals surface area contributed by atoms with Crippen LogP contribution in [-0.4, -0.2) is 47.5 Å². The monoisotopic (exact) mass is 442 g/mol. The molecule has 0 amide bonds. The molecule has 31 heavy (non-hydrogen) atoms. The minimum atomic E-state index is -3.78. The minimum Gasteiger partial charge on any atom is -0.366 e. The molecule has 164 valence electrons. The van der Waals surface area contributed by atoms with Crippen molar-refractivity contribution in [1.29, 1.82) is 0 Å². The van der Waals surface area contributed by atoms with Gasteiger partial charge in [-0.05, 0) is 44.2 Å². The quantitative estimate of drug-likeness (QED) is 0.613. The molecule has 1 saturated heterocycles. The van der Waals surface area contributed by atoms with E-state index in [1.807, 2.05) is 26.0 Å². The van der Waals surface area contributed by atoms with Gasteiger partial charge in [0.1, 0.15) is 0 Å². The summed E-state index contributed by atoms with van der Waals surface area (Å²) in [6.45, 7) is 5.32. The first-order valence-corrected chi connectivity index (χ1v) is 11.6. The standard InChI is InChI=1S/C22H26N4O4S/c1-15-5-7-17(8-6-15)26-12-11-25(14-16(26)2)31(29,30)18-9-10-20-19(13-18)21(27)24(4)22(28)23(20)3/h5-10,13,16H,11-12,14H2,1-4H3. The van der Waals surface area contributed by atoms with E-state index in [0.29, 0.717) is 25.2 Å². The van der Waals surface area contributed by atoms with Crippen LogP contribution in [0.15, 0.2) is 56.9 Å². The van der Waals surface area contributed by atoms with Gasteiger partial charge in [-0.25, -0.2) is 13.2 Å². The topological polar surface area (TPSA) is 84.6 Å². The van der Waals surface area contributed by atoms with Crippen molar-refractivity contribution in [3.8, 4) is 0 Å². The SMILES string of the molecule is Cc1ccc(N2CCN(S(=O)(=O)c3ccc4c(c3)c(=O)n(C)c(=O)n4C)CC2C)cc1. The van der Waals surface area contributed by atoms with Crippen LogP contribution in [0.3, 0.4) is 0 Å². The number of nitrogens with zero attached hydrogens (tertiary/aromatic N) is 4. The van der Waals surface area contributed by atoms with Crippen molar-refractivity contribution in [2.45, 2.75) is 24.8 Å². The number of aromatic nitrogens is 2. The summed E-state index contributed by atoms with van der Waals surface area (Å²) in [5.41, 5.74) is 1.70. The summed E-state index contributed by atoms with van der Waals surface area (Å²) in [5.74, 6) is 0. The number of sulfonamides is 1. The van der Waals surface area contributed by atoms with Gasteiger partial charge in [-0.15, -0.1) is 0 Å². The molecule has 1 atom stereocenters. The van der Waals surface area contributed by atoms with Crippen molar-refractivity contribution in [3.63, 3.8) is 0 Å². The Morgan fingerprint density at radius 1 is 0.935 bits per heavy atom. The molecule has 1 aromatic heterocycles. The van der Waals surface area contributed by atoms with Crippen molar-refractivity contribution < 1.29 is 8.42 Å². The second-order valence-corrected chi connectivity index (χ2v) is 10.1. The number of hydrogen-bond donors (Lipinski definition) is 0. The zero-order chi connectivity index (χ0) is 22.5. The van der Waals surface area contributed by atoms with Crippen LogP contribution >= 0.6 is 0 Å². The van der Waals surface area contributed by atoms with Gasteiger partial charge in [0.25, 0.3) is 5.56 Å². The average Bonchev–Trinajstić information content (AvgIpc) is 2.76. The fourth-order valence-corrected chi connectivity index (χ4v) is 5.69. The highest BCUT2D eigenvalue weighted by atomic mass is 32.2. The molecule has 8 nitrogen and oxygen atoms in total. The summed E-state index contributed by atoms with van der Waals surface area (Å²) in [7, 11) is -0.834. The van der Waals surface area contributed by atoms with E-state index in [9.17, 15) is 18.0 Å². The maximum Gasteiger partial charge on any atom is 0.330 e. The summed E-state index contributed by atoms with van der Waals surface area (Å²) in [6.07, 6.45) is 0. The molecule has 0 bridgehead atoms. The van der Waals surface area contributed by atoms with Crippen molar-refractivity contribution in [3.05, 3.63) is 68.9 Å². The second kappa shape index (κ2) is 7.65. The third-order valence-electron chi connectivity index (χ3n) is 6.03. The third kappa shape index (κ3) is 3.57. The molecule has 0 spiro atoms. The molecular weight excluding hydrogens is 416 g/mol. The van der Waals surface area contributed by atoms with Gasteiger partial charge >= 0.3 is 5.69 Å². The van der Waals surface area contributed by atoms with Crippen LogP contribution in [0.2, 0.25) is 0 Å². The van der Waals surface area contributed by atoms with Crippen molar-refractivity contribution >= 4 is 26.6 Å². The van der Waals surface area contributed by atoms with E-state index in [2.05, 4.69) is 17.0 Å². The van der Waals surface area contributed by atoms with Crippen LogP contribution in [0, 0.1) is 6.92 Å². The smallest absolute Gasteiger partial charge is 0.330 e. The highest BCUT2D eigenvalue weighted by molar-refractivity contribution is 7.89. The summed E-state index contributed by atoms with van der Waals surface area (Å²) in [5, 5.41) is 0.206. The molecule has 0 saturated carbocycles. The van der Waals surface area contributed by atoms with Crippen LogP contribution < -0.4 is 16.1 Å². The van der Waals surface area contributed by atoms with Crippen LogP contribution in [0.4, 0.5) is 5.69 Å². The van der Waals surface area contributed by atoms with E-state index >= 15 is 0 Å². The molecular formula is C22H26N4O4S. The van der Waals surface area contributed by atoms with Crippen LogP contribution in [0.5, 0.6) is 0 Å². The van der Waals surface area contributed by atoms with E-state index < -0.39 is 21.3 Å². The third-order valence-corrected chi connectivity index (χ3v) is 7.89. The van der Waals surface area contributed by atoms with Gasteiger partial charge in [-0.1, -0.05) is 17.7 Å². The van der Waals surface area contributed by atoms with Crippen molar-refractivity contribution in [2.75, 3.05) is 24.5 Å².